The van der Waals surface area contributed by atoms with Crippen LogP contribution in [0.4, 0.5) is 13.2 Å². The first-order chi connectivity index (χ1) is 12.7. The zero-order valence-corrected chi connectivity index (χ0v) is 16.5. The van der Waals surface area contributed by atoms with Crippen molar-refractivity contribution >= 4 is 44.8 Å². The van der Waals surface area contributed by atoms with E-state index in [4.69, 9.17) is 33.3 Å². The molecule has 3 nitrogen and oxygen atoms in total. The van der Waals surface area contributed by atoms with Crippen LogP contribution >= 0.6 is 39.1 Å². The largest absolute Gasteiger partial charge is 0.428 e. The van der Waals surface area contributed by atoms with Crippen LogP contribution in [-0.4, -0.2) is 6.18 Å². The molecule has 0 radical (unpaired) electrons. The molecule has 140 valence electrons. The minimum atomic E-state index is -4.77. The number of nitrogens with zero attached hydrogens (tertiary/aromatic N) is 1. The molecule has 0 aliphatic carbocycles. The summed E-state index contributed by atoms with van der Waals surface area (Å²) in [6.45, 7) is 0. The van der Waals surface area contributed by atoms with Crippen molar-refractivity contribution in [2.24, 2.45) is 0 Å². The molecule has 1 N–H and O–H groups in total. The average molecular weight is 478 g/mol. The fraction of sp³-hybridized carbons (Fsp3) is 0.167. The molecule has 0 saturated heterocycles. The van der Waals surface area contributed by atoms with Crippen molar-refractivity contribution in [3.05, 3.63) is 73.7 Å². The third-order valence-electron chi connectivity index (χ3n) is 4.02. The first kappa shape index (κ1) is 20.0. The molecule has 27 heavy (non-hydrogen) atoms. The zero-order valence-electron chi connectivity index (χ0n) is 13.4. The van der Waals surface area contributed by atoms with E-state index in [1.54, 1.807) is 18.2 Å². The monoisotopic (exact) mass is 476 g/mol. The van der Waals surface area contributed by atoms with E-state index in [1.165, 1.54) is 6.07 Å². The average Bonchev–Trinajstić information content (AvgIpc) is 3.02. The Morgan fingerprint density at radius 3 is 2.37 bits per heavy atom. The number of nitriles is 1. The van der Waals surface area contributed by atoms with Crippen LogP contribution in [0.3, 0.4) is 0 Å². The Hall–Kier alpha value is -1.72. The fourth-order valence-corrected chi connectivity index (χ4v) is 3.74. The van der Waals surface area contributed by atoms with Gasteiger partial charge in [0.15, 0.2) is 0 Å². The molecule has 0 aromatic heterocycles. The van der Waals surface area contributed by atoms with Crippen LogP contribution in [-0.2, 0) is 16.9 Å². The molecular formula is C18H10BrCl2F3N2O. The van der Waals surface area contributed by atoms with Gasteiger partial charge in [0.05, 0.1) is 18.2 Å². The van der Waals surface area contributed by atoms with Gasteiger partial charge in [0, 0.05) is 25.6 Å². The number of hydrogen-bond acceptors (Lipinski definition) is 3. The molecule has 0 saturated carbocycles. The van der Waals surface area contributed by atoms with Crippen LogP contribution in [0.15, 0.2) is 46.9 Å². The predicted molar refractivity (Wildman–Crippen MR) is 99.9 cm³/mol. The lowest BCUT2D eigenvalue weighted by Crippen LogP contribution is -2.42. The van der Waals surface area contributed by atoms with Gasteiger partial charge >= 0.3 is 6.18 Å². The van der Waals surface area contributed by atoms with Crippen molar-refractivity contribution in [1.82, 2.24) is 5.48 Å². The van der Waals surface area contributed by atoms with E-state index in [2.05, 4.69) is 21.4 Å². The number of halogens is 6. The Labute approximate surface area is 171 Å². The molecule has 0 fully saturated rings. The fourth-order valence-electron chi connectivity index (χ4n) is 2.70. The summed E-state index contributed by atoms with van der Waals surface area (Å²) in [6.07, 6.45) is -3.65. The lowest BCUT2D eigenvalue weighted by molar-refractivity contribution is -0.269. The van der Waals surface area contributed by atoms with Crippen molar-refractivity contribution in [3.63, 3.8) is 0 Å². The first-order valence-corrected chi connectivity index (χ1v) is 9.07. The second kappa shape index (κ2) is 7.36. The SMILES string of the molecule is N#CCc1ccc(C2=CC(c3cc(Cl)cc(Cl)c3)(C(F)(F)F)ON2)cc1Br. The second-order valence-electron chi connectivity index (χ2n) is 5.79. The van der Waals surface area contributed by atoms with Crippen LogP contribution in [0.2, 0.25) is 10.0 Å². The van der Waals surface area contributed by atoms with Crippen molar-refractivity contribution in [3.8, 4) is 6.07 Å². The summed E-state index contributed by atoms with van der Waals surface area (Å²) in [4.78, 5) is 5.03. The number of hydroxylamine groups is 1. The summed E-state index contributed by atoms with van der Waals surface area (Å²) in [5.74, 6) is 0. The van der Waals surface area contributed by atoms with Gasteiger partial charge in [-0.05, 0) is 35.9 Å². The Bertz CT molecular complexity index is 952. The van der Waals surface area contributed by atoms with Crippen LogP contribution in [0.25, 0.3) is 5.70 Å². The molecule has 1 aliphatic heterocycles. The van der Waals surface area contributed by atoms with Gasteiger partial charge in [0.1, 0.15) is 0 Å². The van der Waals surface area contributed by atoms with Gasteiger partial charge in [-0.15, -0.1) is 0 Å². The molecule has 0 amide bonds. The van der Waals surface area contributed by atoms with Crippen molar-refractivity contribution < 1.29 is 18.0 Å². The summed E-state index contributed by atoms with van der Waals surface area (Å²) < 4.78 is 42.5. The van der Waals surface area contributed by atoms with Gasteiger partial charge in [0.2, 0.25) is 5.60 Å². The Balaban J connectivity index is 2.10. The highest BCUT2D eigenvalue weighted by atomic mass is 79.9. The van der Waals surface area contributed by atoms with Crippen LogP contribution in [0, 0.1) is 11.3 Å². The summed E-state index contributed by atoms with van der Waals surface area (Å²) >= 11 is 15.1. The highest BCUT2D eigenvalue weighted by molar-refractivity contribution is 9.10. The van der Waals surface area contributed by atoms with Crippen molar-refractivity contribution in [2.75, 3.05) is 0 Å². The number of rotatable bonds is 3. The zero-order chi connectivity index (χ0) is 19.8. The molecule has 9 heteroatoms. The Kier molecular flexibility index (Phi) is 5.46. The smallest absolute Gasteiger partial charge is 0.265 e. The van der Waals surface area contributed by atoms with Gasteiger partial charge < -0.3 is 0 Å². The minimum absolute atomic E-state index is 0.0650. The van der Waals surface area contributed by atoms with E-state index in [0.29, 0.717) is 10.0 Å². The number of nitrogens with one attached hydrogen (secondary N) is 1. The van der Waals surface area contributed by atoms with E-state index >= 15 is 0 Å². The molecule has 2 aromatic rings. The van der Waals surface area contributed by atoms with Gasteiger partial charge in [-0.2, -0.15) is 18.4 Å². The highest BCUT2D eigenvalue weighted by Gasteiger charge is 2.59. The standard InChI is InChI=1S/C18H10BrCl2F3N2O/c19-15-5-11(2-1-10(15)3-4-25)16-9-17(27-26-16,18(22,23)24)12-6-13(20)8-14(21)7-12/h1-2,5-9,26H,3H2. The number of benzene rings is 2. The maximum absolute atomic E-state index is 14.0. The van der Waals surface area contributed by atoms with E-state index < -0.39 is 11.8 Å². The number of hydrogen-bond donors (Lipinski definition) is 1. The van der Waals surface area contributed by atoms with Crippen LogP contribution in [0.5, 0.6) is 0 Å². The Morgan fingerprint density at radius 1 is 1.15 bits per heavy atom. The third kappa shape index (κ3) is 3.81. The Morgan fingerprint density at radius 2 is 1.81 bits per heavy atom. The normalized spacial score (nSPS) is 19.4. The van der Waals surface area contributed by atoms with E-state index in [9.17, 15) is 13.2 Å². The highest BCUT2D eigenvalue weighted by Crippen LogP contribution is 2.48. The summed E-state index contributed by atoms with van der Waals surface area (Å²) in [7, 11) is 0. The lowest BCUT2D eigenvalue weighted by atomic mass is 9.91. The molecular weight excluding hydrogens is 468 g/mol. The van der Waals surface area contributed by atoms with Gasteiger partial charge in [-0.1, -0.05) is 51.3 Å². The molecule has 0 spiro atoms. The minimum Gasteiger partial charge on any atom is -0.265 e. The second-order valence-corrected chi connectivity index (χ2v) is 7.52. The van der Waals surface area contributed by atoms with Crippen molar-refractivity contribution in [1.29, 1.82) is 5.26 Å². The predicted octanol–water partition coefficient (Wildman–Crippen LogP) is 6.16. The third-order valence-corrected chi connectivity index (χ3v) is 5.19. The lowest BCUT2D eigenvalue weighted by Gasteiger charge is -2.28. The molecule has 1 heterocycles. The topological polar surface area (TPSA) is 45.0 Å². The van der Waals surface area contributed by atoms with Crippen molar-refractivity contribution in [2.45, 2.75) is 18.2 Å². The maximum atomic E-state index is 14.0. The molecule has 1 atom stereocenters. The van der Waals surface area contributed by atoms with Crippen LogP contribution in [0.1, 0.15) is 16.7 Å². The molecule has 1 aliphatic rings. The van der Waals surface area contributed by atoms with E-state index in [0.717, 1.165) is 23.8 Å². The van der Waals surface area contributed by atoms with E-state index in [1.807, 2.05) is 6.07 Å². The molecule has 2 aromatic carbocycles. The van der Waals surface area contributed by atoms with E-state index in [-0.39, 0.29) is 27.7 Å². The van der Waals surface area contributed by atoms with Gasteiger partial charge in [-0.25, -0.2) is 0 Å². The summed E-state index contributed by atoms with van der Waals surface area (Å²) in [6, 6.07) is 10.6. The van der Waals surface area contributed by atoms with Gasteiger partial charge in [0.25, 0.3) is 0 Å². The maximum Gasteiger partial charge on any atom is 0.428 e. The first-order valence-electron chi connectivity index (χ1n) is 7.52. The summed E-state index contributed by atoms with van der Waals surface area (Å²) in [5, 5.41) is 8.92. The molecule has 1 unspecified atom stereocenters. The summed E-state index contributed by atoms with van der Waals surface area (Å²) in [5.41, 5.74) is 0.693. The van der Waals surface area contributed by atoms with Crippen LogP contribution < -0.4 is 5.48 Å². The molecule has 3 rings (SSSR count). The quantitative estimate of drug-likeness (QED) is 0.576. The van der Waals surface area contributed by atoms with Gasteiger partial charge in [-0.3, -0.25) is 10.3 Å². The number of alkyl halides is 3. The molecule has 0 bridgehead atoms.